The van der Waals surface area contributed by atoms with Crippen LogP contribution in [0.1, 0.15) is 22.8 Å². The van der Waals surface area contributed by atoms with Crippen LogP contribution in [-0.4, -0.2) is 12.5 Å². The normalized spacial score (nSPS) is 10.2. The van der Waals surface area contributed by atoms with E-state index in [4.69, 9.17) is 10.5 Å². The van der Waals surface area contributed by atoms with E-state index in [2.05, 4.69) is 21.2 Å². The lowest BCUT2D eigenvalue weighted by molar-refractivity contribution is 0.102. The molecule has 0 fully saturated rings. The number of rotatable bonds is 4. The average molecular weight is 349 g/mol. The van der Waals surface area contributed by atoms with Crippen LogP contribution in [0.25, 0.3) is 0 Å². The number of hydrogen-bond acceptors (Lipinski definition) is 3. The lowest BCUT2D eigenvalue weighted by Gasteiger charge is -2.13. The van der Waals surface area contributed by atoms with E-state index in [-0.39, 0.29) is 5.91 Å². The van der Waals surface area contributed by atoms with Gasteiger partial charge in [0, 0.05) is 10.2 Å². The third-order valence-corrected chi connectivity index (χ3v) is 3.88. The molecule has 0 unspecified atom stereocenters. The Labute approximate surface area is 132 Å². The van der Waals surface area contributed by atoms with Gasteiger partial charge in [0.2, 0.25) is 0 Å². The molecule has 3 N–H and O–H groups in total. The molecule has 0 aromatic heterocycles. The van der Waals surface area contributed by atoms with E-state index in [9.17, 15) is 4.79 Å². The van der Waals surface area contributed by atoms with Crippen molar-refractivity contribution < 1.29 is 9.53 Å². The zero-order valence-electron chi connectivity index (χ0n) is 11.9. The first kappa shape index (κ1) is 15.4. The number of halogens is 1. The van der Waals surface area contributed by atoms with Gasteiger partial charge in [-0.3, -0.25) is 4.79 Å². The molecular weight excluding hydrogens is 332 g/mol. The highest BCUT2D eigenvalue weighted by Gasteiger charge is 2.15. The van der Waals surface area contributed by atoms with Gasteiger partial charge in [-0.15, -0.1) is 0 Å². The molecule has 21 heavy (non-hydrogen) atoms. The highest BCUT2D eigenvalue weighted by atomic mass is 79.9. The molecule has 4 nitrogen and oxygen atoms in total. The maximum Gasteiger partial charge on any atom is 0.259 e. The van der Waals surface area contributed by atoms with E-state index >= 15 is 0 Å². The second-order valence-electron chi connectivity index (χ2n) is 4.58. The van der Waals surface area contributed by atoms with Crippen LogP contribution < -0.4 is 15.8 Å². The first-order valence-electron chi connectivity index (χ1n) is 6.61. The molecule has 2 aromatic rings. The number of hydrogen-bond donors (Lipinski definition) is 2. The quantitative estimate of drug-likeness (QED) is 0.821. The van der Waals surface area contributed by atoms with Crippen molar-refractivity contribution in [2.45, 2.75) is 13.8 Å². The number of nitrogen functional groups attached to an aromatic ring is 1. The van der Waals surface area contributed by atoms with Crippen molar-refractivity contribution in [3.8, 4) is 5.75 Å². The minimum absolute atomic E-state index is 0.243. The number of benzene rings is 2. The predicted molar refractivity (Wildman–Crippen MR) is 88.9 cm³/mol. The first-order chi connectivity index (χ1) is 10.0. The SMILES string of the molecule is CCOc1c(N)cccc1C(=O)Nc1ccc(Br)c(C)c1. The average Bonchev–Trinajstić information content (AvgIpc) is 2.45. The molecule has 1 amide bonds. The van der Waals surface area contributed by atoms with Gasteiger partial charge in [0.05, 0.1) is 17.9 Å². The molecule has 0 spiro atoms. The standard InChI is InChI=1S/C16H17BrN2O2/c1-3-21-15-12(5-4-6-14(15)18)16(20)19-11-7-8-13(17)10(2)9-11/h4-9H,3,18H2,1-2H3,(H,19,20). The van der Waals surface area contributed by atoms with Crippen molar-refractivity contribution in [1.82, 2.24) is 0 Å². The number of ether oxygens (including phenoxy) is 1. The van der Waals surface area contributed by atoms with Gasteiger partial charge in [0.15, 0.2) is 5.75 Å². The number of anilines is 2. The zero-order valence-corrected chi connectivity index (χ0v) is 13.5. The first-order valence-corrected chi connectivity index (χ1v) is 7.41. The van der Waals surface area contributed by atoms with Crippen LogP contribution in [0.15, 0.2) is 40.9 Å². The fourth-order valence-electron chi connectivity index (χ4n) is 1.96. The largest absolute Gasteiger partial charge is 0.491 e. The number of amides is 1. The number of carbonyl (C=O) groups is 1. The Balaban J connectivity index is 2.28. The summed E-state index contributed by atoms with van der Waals surface area (Å²) in [6.45, 7) is 4.27. The highest BCUT2D eigenvalue weighted by Crippen LogP contribution is 2.27. The predicted octanol–water partition coefficient (Wildman–Crippen LogP) is 3.99. The Morgan fingerprint density at radius 2 is 2.10 bits per heavy atom. The highest BCUT2D eigenvalue weighted by molar-refractivity contribution is 9.10. The van der Waals surface area contributed by atoms with Gasteiger partial charge in [-0.25, -0.2) is 0 Å². The van der Waals surface area contributed by atoms with Crippen molar-refractivity contribution in [1.29, 1.82) is 0 Å². The number of aryl methyl sites for hydroxylation is 1. The van der Waals surface area contributed by atoms with E-state index in [0.29, 0.717) is 23.6 Å². The van der Waals surface area contributed by atoms with E-state index in [1.807, 2.05) is 32.0 Å². The van der Waals surface area contributed by atoms with Crippen LogP contribution in [0, 0.1) is 6.92 Å². The minimum Gasteiger partial charge on any atom is -0.491 e. The summed E-state index contributed by atoms with van der Waals surface area (Å²) in [4.78, 5) is 12.4. The van der Waals surface area contributed by atoms with Crippen molar-refractivity contribution in [2.75, 3.05) is 17.7 Å². The van der Waals surface area contributed by atoms with Gasteiger partial charge in [0.25, 0.3) is 5.91 Å². The molecule has 0 saturated heterocycles. The molecule has 0 radical (unpaired) electrons. The Morgan fingerprint density at radius 3 is 2.76 bits per heavy atom. The fraction of sp³-hybridized carbons (Fsp3) is 0.188. The summed E-state index contributed by atoms with van der Waals surface area (Å²) >= 11 is 3.43. The minimum atomic E-state index is -0.243. The van der Waals surface area contributed by atoms with Crippen LogP contribution >= 0.6 is 15.9 Å². The van der Waals surface area contributed by atoms with Gasteiger partial charge < -0.3 is 15.8 Å². The van der Waals surface area contributed by atoms with Crippen LogP contribution in [-0.2, 0) is 0 Å². The molecule has 0 bridgehead atoms. The van der Waals surface area contributed by atoms with Crippen LogP contribution in [0.2, 0.25) is 0 Å². The summed E-state index contributed by atoms with van der Waals surface area (Å²) in [5, 5.41) is 2.86. The van der Waals surface area contributed by atoms with Crippen molar-refractivity contribution in [2.24, 2.45) is 0 Å². The lowest BCUT2D eigenvalue weighted by Crippen LogP contribution is -2.14. The topological polar surface area (TPSA) is 64.3 Å². The van der Waals surface area contributed by atoms with Gasteiger partial charge >= 0.3 is 0 Å². The van der Waals surface area contributed by atoms with Crippen LogP contribution in [0.4, 0.5) is 11.4 Å². The van der Waals surface area contributed by atoms with Crippen LogP contribution in [0.5, 0.6) is 5.75 Å². The Kier molecular flexibility index (Phi) is 4.85. The molecule has 0 atom stereocenters. The van der Waals surface area contributed by atoms with Gasteiger partial charge in [-0.2, -0.15) is 0 Å². The Bertz CT molecular complexity index is 671. The Morgan fingerprint density at radius 1 is 1.33 bits per heavy atom. The number of para-hydroxylation sites is 1. The van der Waals surface area contributed by atoms with Gasteiger partial charge in [0.1, 0.15) is 0 Å². The van der Waals surface area contributed by atoms with E-state index < -0.39 is 0 Å². The van der Waals surface area contributed by atoms with Crippen molar-refractivity contribution >= 4 is 33.2 Å². The van der Waals surface area contributed by atoms with Crippen molar-refractivity contribution in [3.05, 3.63) is 52.0 Å². The smallest absolute Gasteiger partial charge is 0.259 e. The summed E-state index contributed by atoms with van der Waals surface area (Å²) in [6.07, 6.45) is 0. The van der Waals surface area contributed by atoms with Crippen LogP contribution in [0.3, 0.4) is 0 Å². The molecular formula is C16H17BrN2O2. The third kappa shape index (κ3) is 3.55. The lowest BCUT2D eigenvalue weighted by atomic mass is 10.1. The molecule has 0 aliphatic heterocycles. The summed E-state index contributed by atoms with van der Waals surface area (Å²) in [6, 6.07) is 10.8. The third-order valence-electron chi connectivity index (χ3n) is 2.99. The number of nitrogens with one attached hydrogen (secondary N) is 1. The van der Waals surface area contributed by atoms with E-state index in [0.717, 1.165) is 15.7 Å². The molecule has 2 rings (SSSR count). The molecule has 0 saturated carbocycles. The molecule has 2 aromatic carbocycles. The van der Waals surface area contributed by atoms with E-state index in [1.54, 1.807) is 18.2 Å². The molecule has 0 aliphatic rings. The summed E-state index contributed by atoms with van der Waals surface area (Å²) in [5.74, 6) is 0.179. The van der Waals surface area contributed by atoms with E-state index in [1.165, 1.54) is 0 Å². The molecule has 110 valence electrons. The summed E-state index contributed by atoms with van der Waals surface area (Å²) in [5.41, 5.74) is 8.53. The molecule has 0 heterocycles. The molecule has 5 heteroatoms. The van der Waals surface area contributed by atoms with Gasteiger partial charge in [-0.1, -0.05) is 22.0 Å². The maximum atomic E-state index is 12.4. The fourth-order valence-corrected chi connectivity index (χ4v) is 2.21. The van der Waals surface area contributed by atoms with Gasteiger partial charge in [-0.05, 0) is 49.7 Å². The van der Waals surface area contributed by atoms with Crippen molar-refractivity contribution in [3.63, 3.8) is 0 Å². The second-order valence-corrected chi connectivity index (χ2v) is 5.43. The number of nitrogens with two attached hydrogens (primary N) is 1. The summed E-state index contributed by atoms with van der Waals surface area (Å²) < 4.78 is 6.48. The molecule has 0 aliphatic carbocycles. The maximum absolute atomic E-state index is 12.4. The zero-order chi connectivity index (χ0) is 15.4. The monoisotopic (exact) mass is 348 g/mol. The Hall–Kier alpha value is -2.01. The second kappa shape index (κ2) is 6.63. The number of carbonyl (C=O) groups excluding carboxylic acids is 1. The summed E-state index contributed by atoms with van der Waals surface area (Å²) in [7, 11) is 0.